The summed E-state index contributed by atoms with van der Waals surface area (Å²) in [5.41, 5.74) is 1.36. The molecule has 1 aromatic carbocycles. The van der Waals surface area contributed by atoms with Crippen LogP contribution < -0.4 is 5.32 Å². The highest BCUT2D eigenvalue weighted by molar-refractivity contribution is 6.02. The monoisotopic (exact) mass is 345 g/mol. The molecule has 9 heteroatoms. The van der Waals surface area contributed by atoms with Crippen molar-refractivity contribution in [1.82, 2.24) is 19.9 Å². The molecule has 8 nitrogen and oxygen atoms in total. The maximum Gasteiger partial charge on any atom is 0.280 e. The van der Waals surface area contributed by atoms with E-state index in [-0.39, 0.29) is 24.1 Å². The van der Waals surface area contributed by atoms with E-state index in [1.54, 1.807) is 19.9 Å². The molecule has 0 unspecified atom stereocenters. The number of amides is 1. The molecular formula is C16H16FN5O3. The molecule has 3 rings (SSSR count). The molecule has 0 fully saturated rings. The van der Waals surface area contributed by atoms with Crippen LogP contribution in [0, 0.1) is 19.7 Å². The molecule has 1 amide bonds. The fraction of sp³-hybridized carbons (Fsp3) is 0.250. The summed E-state index contributed by atoms with van der Waals surface area (Å²) in [5.74, 6) is 0.240. The molecule has 0 saturated heterocycles. The lowest BCUT2D eigenvalue weighted by Gasteiger charge is -2.09. The van der Waals surface area contributed by atoms with Gasteiger partial charge >= 0.3 is 0 Å². The fourth-order valence-corrected chi connectivity index (χ4v) is 2.32. The topological polar surface area (TPSA) is 95.1 Å². The number of carbonyl (C=O) groups is 1. The number of methoxy groups -OCH3 is 1. The van der Waals surface area contributed by atoms with E-state index >= 15 is 0 Å². The number of benzene rings is 1. The number of nitrogens with one attached hydrogen (secondary N) is 1. The molecule has 130 valence electrons. The van der Waals surface area contributed by atoms with Crippen molar-refractivity contribution >= 4 is 11.9 Å². The Labute approximate surface area is 142 Å². The normalized spacial score (nSPS) is 10.9. The lowest BCUT2D eigenvalue weighted by Crippen LogP contribution is -2.16. The molecular weight excluding hydrogens is 329 g/mol. The van der Waals surface area contributed by atoms with Gasteiger partial charge in [0.1, 0.15) is 18.2 Å². The zero-order chi connectivity index (χ0) is 18.0. The lowest BCUT2D eigenvalue weighted by atomic mass is 10.2. The van der Waals surface area contributed by atoms with E-state index < -0.39 is 5.91 Å². The fourth-order valence-electron chi connectivity index (χ4n) is 2.32. The van der Waals surface area contributed by atoms with Gasteiger partial charge < -0.3 is 9.26 Å². The Balaban J connectivity index is 1.89. The number of ether oxygens (including phenoxy) is 1. The maximum atomic E-state index is 13.3. The smallest absolute Gasteiger partial charge is 0.280 e. The van der Waals surface area contributed by atoms with Crippen molar-refractivity contribution < 1.29 is 18.4 Å². The number of hydrogen-bond donors (Lipinski definition) is 1. The Morgan fingerprint density at radius 1 is 1.36 bits per heavy atom. The highest BCUT2D eigenvalue weighted by Gasteiger charge is 2.18. The second-order valence-corrected chi connectivity index (χ2v) is 5.39. The zero-order valence-corrected chi connectivity index (χ0v) is 13.9. The summed E-state index contributed by atoms with van der Waals surface area (Å²) in [6.45, 7) is 3.65. The van der Waals surface area contributed by atoms with Crippen LogP contribution >= 0.6 is 0 Å². The van der Waals surface area contributed by atoms with Gasteiger partial charge in [-0.3, -0.25) is 10.1 Å². The minimum Gasteiger partial charge on any atom is -0.377 e. The van der Waals surface area contributed by atoms with Gasteiger partial charge in [-0.15, -0.1) is 5.10 Å². The van der Waals surface area contributed by atoms with Crippen LogP contribution in [0.4, 0.5) is 10.3 Å². The van der Waals surface area contributed by atoms with Crippen molar-refractivity contribution in [2.75, 3.05) is 12.4 Å². The molecule has 3 aromatic rings. The second kappa shape index (κ2) is 6.81. The first-order valence-corrected chi connectivity index (χ1v) is 7.44. The van der Waals surface area contributed by atoms with Crippen LogP contribution in [-0.4, -0.2) is 32.9 Å². The number of carbonyl (C=O) groups excluding carboxylic acids is 1. The molecule has 1 N–H and O–H groups in total. The number of rotatable bonds is 5. The number of hydrogen-bond acceptors (Lipinski definition) is 6. The molecule has 0 saturated carbocycles. The first kappa shape index (κ1) is 16.8. The van der Waals surface area contributed by atoms with Gasteiger partial charge in [-0.1, -0.05) is 5.16 Å². The Kier molecular flexibility index (Phi) is 4.57. The average Bonchev–Trinajstić information content (AvgIpc) is 3.15. The number of aryl methyl sites for hydroxylation is 2. The summed E-state index contributed by atoms with van der Waals surface area (Å²) in [4.78, 5) is 16.6. The van der Waals surface area contributed by atoms with E-state index in [0.717, 1.165) is 0 Å². The Hall–Kier alpha value is -3.07. The van der Waals surface area contributed by atoms with E-state index in [0.29, 0.717) is 22.8 Å². The van der Waals surface area contributed by atoms with E-state index in [4.69, 9.17) is 9.26 Å². The molecule has 2 heterocycles. The van der Waals surface area contributed by atoms with Crippen molar-refractivity contribution in [2.45, 2.75) is 20.5 Å². The third kappa shape index (κ3) is 3.56. The SMILES string of the molecule is COCc1cc(C(=O)Nc2nc(C)nn2-c2ccc(F)cc2C)no1. The number of anilines is 1. The molecule has 0 bridgehead atoms. The quantitative estimate of drug-likeness (QED) is 0.763. The average molecular weight is 345 g/mol. The Morgan fingerprint density at radius 2 is 2.16 bits per heavy atom. The summed E-state index contributed by atoms with van der Waals surface area (Å²) in [6.07, 6.45) is 0. The minimum absolute atomic E-state index is 0.0927. The summed E-state index contributed by atoms with van der Waals surface area (Å²) in [7, 11) is 1.51. The number of halogens is 1. The predicted octanol–water partition coefficient (Wildman–Crippen LogP) is 2.41. The Bertz CT molecular complexity index is 918. The lowest BCUT2D eigenvalue weighted by molar-refractivity contribution is 0.101. The van der Waals surface area contributed by atoms with Gasteiger partial charge in [-0.05, 0) is 37.6 Å². The van der Waals surface area contributed by atoms with Crippen molar-refractivity contribution in [3.05, 3.63) is 52.9 Å². The predicted molar refractivity (Wildman–Crippen MR) is 86.0 cm³/mol. The summed E-state index contributed by atoms with van der Waals surface area (Å²) in [6, 6.07) is 5.75. The molecule has 0 aliphatic heterocycles. The van der Waals surface area contributed by atoms with Gasteiger partial charge in [0.15, 0.2) is 11.5 Å². The molecule has 0 spiro atoms. The van der Waals surface area contributed by atoms with Gasteiger partial charge in [-0.2, -0.15) is 9.67 Å². The molecule has 0 aliphatic carbocycles. The van der Waals surface area contributed by atoms with Crippen LogP contribution in [0.1, 0.15) is 27.6 Å². The highest BCUT2D eigenvalue weighted by Crippen LogP contribution is 2.19. The van der Waals surface area contributed by atoms with Gasteiger partial charge in [0.25, 0.3) is 5.91 Å². The van der Waals surface area contributed by atoms with Crippen molar-refractivity contribution in [3.63, 3.8) is 0 Å². The molecule has 2 aromatic heterocycles. The largest absolute Gasteiger partial charge is 0.377 e. The standard InChI is InChI=1S/C16H16FN5O3/c1-9-6-11(17)4-5-14(9)22-16(18-10(2)20-22)19-15(23)13-7-12(8-24-3)25-21-13/h4-7H,8H2,1-3H3,(H,18,19,20,23). The Morgan fingerprint density at radius 3 is 2.88 bits per heavy atom. The van der Waals surface area contributed by atoms with Crippen LogP contribution in [0.2, 0.25) is 0 Å². The first-order valence-electron chi connectivity index (χ1n) is 7.44. The van der Waals surface area contributed by atoms with Crippen LogP contribution in [0.5, 0.6) is 0 Å². The van der Waals surface area contributed by atoms with Crippen LogP contribution in [-0.2, 0) is 11.3 Å². The minimum atomic E-state index is -0.500. The van der Waals surface area contributed by atoms with E-state index in [1.807, 2.05) is 0 Å². The zero-order valence-electron chi connectivity index (χ0n) is 13.9. The van der Waals surface area contributed by atoms with Gasteiger partial charge in [0, 0.05) is 13.2 Å². The van der Waals surface area contributed by atoms with Crippen LogP contribution in [0.3, 0.4) is 0 Å². The van der Waals surface area contributed by atoms with E-state index in [1.165, 1.54) is 30.0 Å². The molecule has 0 aliphatic rings. The molecule has 0 radical (unpaired) electrons. The maximum absolute atomic E-state index is 13.3. The second-order valence-electron chi connectivity index (χ2n) is 5.39. The van der Waals surface area contributed by atoms with Crippen LogP contribution in [0.25, 0.3) is 5.69 Å². The van der Waals surface area contributed by atoms with Crippen molar-refractivity contribution in [3.8, 4) is 5.69 Å². The number of aromatic nitrogens is 4. The van der Waals surface area contributed by atoms with Gasteiger partial charge in [0.05, 0.1) is 5.69 Å². The van der Waals surface area contributed by atoms with Crippen molar-refractivity contribution in [1.29, 1.82) is 0 Å². The summed E-state index contributed by atoms with van der Waals surface area (Å²) in [5, 5.41) is 10.6. The van der Waals surface area contributed by atoms with E-state index in [2.05, 4.69) is 20.6 Å². The highest BCUT2D eigenvalue weighted by atomic mass is 19.1. The summed E-state index contributed by atoms with van der Waals surface area (Å²) < 4.78 is 24.7. The van der Waals surface area contributed by atoms with Gasteiger partial charge in [0.2, 0.25) is 5.95 Å². The first-order chi connectivity index (χ1) is 12.0. The van der Waals surface area contributed by atoms with Crippen molar-refractivity contribution in [2.24, 2.45) is 0 Å². The van der Waals surface area contributed by atoms with Crippen LogP contribution in [0.15, 0.2) is 28.8 Å². The molecule has 0 atom stereocenters. The summed E-state index contributed by atoms with van der Waals surface area (Å²) >= 11 is 0. The molecule has 25 heavy (non-hydrogen) atoms. The van der Waals surface area contributed by atoms with E-state index in [9.17, 15) is 9.18 Å². The third-order valence-corrected chi connectivity index (χ3v) is 3.40. The third-order valence-electron chi connectivity index (χ3n) is 3.40. The number of nitrogens with zero attached hydrogens (tertiary/aromatic N) is 4. The van der Waals surface area contributed by atoms with Gasteiger partial charge in [-0.25, -0.2) is 4.39 Å².